The Bertz CT molecular complexity index is 406. The largest absolute Gasteiger partial charge is 0.465 e. The van der Waals surface area contributed by atoms with Gasteiger partial charge >= 0.3 is 5.97 Å². The summed E-state index contributed by atoms with van der Waals surface area (Å²) in [7, 11) is 0. The van der Waals surface area contributed by atoms with Crippen LogP contribution in [0, 0.1) is 0 Å². The zero-order chi connectivity index (χ0) is 13.5. The first kappa shape index (κ1) is 14.1. The SMILES string of the molecule is CCOC(=O)CN(C(=O)c1ccnnc1)C(C)C. The molecule has 0 bridgehead atoms. The molecule has 0 aliphatic heterocycles. The van der Waals surface area contributed by atoms with Gasteiger partial charge in [-0.3, -0.25) is 9.59 Å². The van der Waals surface area contributed by atoms with Gasteiger partial charge in [0, 0.05) is 6.04 Å². The highest BCUT2D eigenvalue weighted by molar-refractivity contribution is 5.95. The summed E-state index contributed by atoms with van der Waals surface area (Å²) in [6.45, 7) is 5.64. The normalized spacial score (nSPS) is 10.2. The van der Waals surface area contributed by atoms with Crippen molar-refractivity contribution in [2.45, 2.75) is 26.8 Å². The van der Waals surface area contributed by atoms with Gasteiger partial charge in [-0.1, -0.05) is 0 Å². The number of esters is 1. The molecule has 0 radical (unpaired) electrons. The summed E-state index contributed by atoms with van der Waals surface area (Å²) >= 11 is 0. The first-order valence-electron chi connectivity index (χ1n) is 5.79. The van der Waals surface area contributed by atoms with Gasteiger partial charge in [0.25, 0.3) is 5.91 Å². The number of hydrogen-bond acceptors (Lipinski definition) is 5. The van der Waals surface area contributed by atoms with Crippen LogP contribution in [0.3, 0.4) is 0 Å². The number of nitrogens with zero attached hydrogens (tertiary/aromatic N) is 3. The number of ether oxygens (including phenoxy) is 1. The van der Waals surface area contributed by atoms with Gasteiger partial charge in [-0.2, -0.15) is 10.2 Å². The maximum Gasteiger partial charge on any atom is 0.325 e. The van der Waals surface area contributed by atoms with Gasteiger partial charge in [-0.15, -0.1) is 0 Å². The van der Waals surface area contributed by atoms with Crippen molar-refractivity contribution < 1.29 is 14.3 Å². The Morgan fingerprint density at radius 3 is 2.61 bits per heavy atom. The summed E-state index contributed by atoms with van der Waals surface area (Å²) in [5, 5.41) is 7.26. The Labute approximate surface area is 106 Å². The van der Waals surface area contributed by atoms with E-state index in [1.807, 2.05) is 13.8 Å². The fourth-order valence-corrected chi connectivity index (χ4v) is 1.42. The first-order valence-corrected chi connectivity index (χ1v) is 5.79. The van der Waals surface area contributed by atoms with Crippen molar-refractivity contribution in [2.24, 2.45) is 0 Å². The van der Waals surface area contributed by atoms with Gasteiger partial charge < -0.3 is 9.64 Å². The van der Waals surface area contributed by atoms with E-state index in [2.05, 4.69) is 10.2 Å². The van der Waals surface area contributed by atoms with Crippen LogP contribution in [0.25, 0.3) is 0 Å². The maximum absolute atomic E-state index is 12.2. The van der Waals surface area contributed by atoms with Crippen LogP contribution in [-0.2, 0) is 9.53 Å². The lowest BCUT2D eigenvalue weighted by Crippen LogP contribution is -2.41. The third-order valence-electron chi connectivity index (χ3n) is 2.32. The van der Waals surface area contributed by atoms with Crippen LogP contribution < -0.4 is 0 Å². The van der Waals surface area contributed by atoms with Crippen LogP contribution in [0.1, 0.15) is 31.1 Å². The molecule has 18 heavy (non-hydrogen) atoms. The molecule has 98 valence electrons. The molecule has 0 aromatic carbocycles. The Kier molecular flexibility index (Phi) is 5.23. The van der Waals surface area contributed by atoms with Gasteiger partial charge in [0.2, 0.25) is 0 Å². The van der Waals surface area contributed by atoms with Gasteiger partial charge in [0.05, 0.1) is 24.6 Å². The third-order valence-corrected chi connectivity index (χ3v) is 2.32. The lowest BCUT2D eigenvalue weighted by atomic mass is 10.2. The zero-order valence-electron chi connectivity index (χ0n) is 10.8. The molecular weight excluding hydrogens is 234 g/mol. The minimum atomic E-state index is -0.415. The highest BCUT2D eigenvalue weighted by Gasteiger charge is 2.22. The Morgan fingerprint density at radius 1 is 1.39 bits per heavy atom. The van der Waals surface area contributed by atoms with E-state index in [4.69, 9.17) is 4.74 Å². The van der Waals surface area contributed by atoms with Crippen LogP contribution >= 0.6 is 0 Å². The molecule has 1 rings (SSSR count). The Balaban J connectivity index is 2.79. The van der Waals surface area contributed by atoms with E-state index in [1.54, 1.807) is 13.0 Å². The van der Waals surface area contributed by atoms with Crippen LogP contribution in [0.5, 0.6) is 0 Å². The Morgan fingerprint density at radius 2 is 2.11 bits per heavy atom. The molecule has 1 aromatic rings. The van der Waals surface area contributed by atoms with Crippen molar-refractivity contribution in [1.29, 1.82) is 0 Å². The van der Waals surface area contributed by atoms with Gasteiger partial charge in [0.1, 0.15) is 6.54 Å². The predicted molar refractivity (Wildman–Crippen MR) is 64.8 cm³/mol. The fraction of sp³-hybridized carbons (Fsp3) is 0.500. The molecule has 0 aliphatic carbocycles. The van der Waals surface area contributed by atoms with Crippen molar-refractivity contribution in [3.63, 3.8) is 0 Å². The van der Waals surface area contributed by atoms with Crippen LogP contribution in [0.4, 0.5) is 0 Å². The molecular formula is C12H17N3O3. The summed E-state index contributed by atoms with van der Waals surface area (Å²) < 4.78 is 4.85. The molecule has 0 aliphatic rings. The topological polar surface area (TPSA) is 72.4 Å². The monoisotopic (exact) mass is 251 g/mol. The van der Waals surface area contributed by atoms with Gasteiger partial charge in [-0.05, 0) is 26.8 Å². The minimum absolute atomic E-state index is 0.0628. The number of carbonyl (C=O) groups is 2. The third kappa shape index (κ3) is 3.80. The minimum Gasteiger partial charge on any atom is -0.465 e. The van der Waals surface area contributed by atoms with Gasteiger partial charge in [-0.25, -0.2) is 0 Å². The summed E-state index contributed by atoms with van der Waals surface area (Å²) in [4.78, 5) is 25.1. The smallest absolute Gasteiger partial charge is 0.325 e. The summed E-state index contributed by atoms with van der Waals surface area (Å²) in [5.41, 5.74) is 0.406. The lowest BCUT2D eigenvalue weighted by molar-refractivity contribution is -0.144. The molecule has 0 spiro atoms. The van der Waals surface area contributed by atoms with E-state index in [1.165, 1.54) is 17.3 Å². The standard InChI is InChI=1S/C12H17N3O3/c1-4-18-11(16)8-15(9(2)3)12(17)10-5-6-13-14-7-10/h5-7,9H,4,8H2,1-3H3. The van der Waals surface area contributed by atoms with Crippen LogP contribution in [0.2, 0.25) is 0 Å². The van der Waals surface area contributed by atoms with Crippen molar-refractivity contribution in [3.8, 4) is 0 Å². The van der Waals surface area contributed by atoms with E-state index in [0.717, 1.165) is 0 Å². The molecule has 0 unspecified atom stereocenters. The molecule has 0 fully saturated rings. The van der Waals surface area contributed by atoms with Crippen molar-refractivity contribution in [2.75, 3.05) is 13.2 Å². The predicted octanol–water partition coefficient (Wildman–Crippen LogP) is 0.890. The molecule has 1 aromatic heterocycles. The van der Waals surface area contributed by atoms with E-state index >= 15 is 0 Å². The summed E-state index contributed by atoms with van der Waals surface area (Å²) in [6.07, 6.45) is 2.82. The molecule has 6 heteroatoms. The number of amides is 1. The van der Waals surface area contributed by atoms with Crippen LogP contribution in [0.15, 0.2) is 18.5 Å². The average molecular weight is 251 g/mol. The maximum atomic E-state index is 12.2. The zero-order valence-corrected chi connectivity index (χ0v) is 10.8. The first-order chi connectivity index (χ1) is 8.56. The Hall–Kier alpha value is -1.98. The number of rotatable bonds is 5. The quantitative estimate of drug-likeness (QED) is 0.727. The second-order valence-electron chi connectivity index (χ2n) is 3.96. The average Bonchev–Trinajstić information content (AvgIpc) is 2.36. The molecule has 0 saturated carbocycles. The molecule has 1 amide bonds. The molecule has 1 heterocycles. The van der Waals surface area contributed by atoms with E-state index in [-0.39, 0.29) is 18.5 Å². The summed E-state index contributed by atoms with van der Waals surface area (Å²) in [5.74, 6) is -0.672. The summed E-state index contributed by atoms with van der Waals surface area (Å²) in [6, 6.07) is 1.46. The van der Waals surface area contributed by atoms with Crippen LogP contribution in [-0.4, -0.2) is 46.2 Å². The highest BCUT2D eigenvalue weighted by atomic mass is 16.5. The lowest BCUT2D eigenvalue weighted by Gasteiger charge is -2.25. The van der Waals surface area contributed by atoms with E-state index in [0.29, 0.717) is 12.2 Å². The number of carbonyl (C=O) groups excluding carboxylic acids is 2. The van der Waals surface area contributed by atoms with Crippen molar-refractivity contribution in [3.05, 3.63) is 24.0 Å². The van der Waals surface area contributed by atoms with Gasteiger partial charge in [0.15, 0.2) is 0 Å². The number of hydrogen-bond donors (Lipinski definition) is 0. The number of aromatic nitrogens is 2. The molecule has 0 saturated heterocycles. The van der Waals surface area contributed by atoms with E-state index < -0.39 is 5.97 Å². The highest BCUT2D eigenvalue weighted by Crippen LogP contribution is 2.07. The molecule has 0 N–H and O–H groups in total. The fourth-order valence-electron chi connectivity index (χ4n) is 1.42. The van der Waals surface area contributed by atoms with E-state index in [9.17, 15) is 9.59 Å². The second-order valence-corrected chi connectivity index (χ2v) is 3.96. The molecule has 6 nitrogen and oxygen atoms in total. The van der Waals surface area contributed by atoms with Crippen molar-refractivity contribution >= 4 is 11.9 Å². The second kappa shape index (κ2) is 6.68. The van der Waals surface area contributed by atoms with Crippen molar-refractivity contribution in [1.82, 2.24) is 15.1 Å². The molecule has 0 atom stereocenters.